The van der Waals surface area contributed by atoms with Gasteiger partial charge in [0.1, 0.15) is 0 Å². The number of halogens is 2. The molecule has 0 radical (unpaired) electrons. The lowest BCUT2D eigenvalue weighted by molar-refractivity contribution is 0.506. The van der Waals surface area contributed by atoms with Crippen LogP contribution >= 0.6 is 0 Å². The molecule has 0 aliphatic carbocycles. The van der Waals surface area contributed by atoms with Crippen LogP contribution in [-0.2, 0) is 4.79 Å². The van der Waals surface area contributed by atoms with Crippen LogP contribution in [0.25, 0.3) is 0 Å². The van der Waals surface area contributed by atoms with Gasteiger partial charge in [0.05, 0.1) is 11.7 Å². The molecular weight excluding hydrogens is 214 g/mol. The zero-order chi connectivity index (χ0) is 12.3. The summed E-state index contributed by atoms with van der Waals surface area (Å²) in [5.74, 6) is -1.86. The Bertz CT molecular complexity index is 440. The minimum absolute atomic E-state index is 0.103. The lowest BCUT2D eigenvalue weighted by atomic mass is 10.1. The molecule has 0 saturated heterocycles. The molecule has 5 heteroatoms. The first kappa shape index (κ1) is 12.3. The zero-order valence-corrected chi connectivity index (χ0v) is 9.29. The largest absolute Gasteiger partial charge is 0.375 e. The number of anilines is 1. The highest BCUT2D eigenvalue weighted by Gasteiger charge is 2.18. The van der Waals surface area contributed by atoms with Crippen LogP contribution in [0.3, 0.4) is 0 Å². The normalized spacial score (nSPS) is 11.8. The van der Waals surface area contributed by atoms with Gasteiger partial charge in [-0.05, 0) is 13.0 Å². The van der Waals surface area contributed by atoms with Crippen molar-refractivity contribution in [1.82, 2.24) is 0 Å². The standard InChI is InChI=1S/C11H12F2N2O/c1-7(14-6-16)8-4-5-9(12)10(13)11(8)15(2)3/h4-5,7H,1-3H3. The fraction of sp³-hybridized carbons (Fsp3) is 0.364. The molecular formula is C11H12F2N2O. The van der Waals surface area contributed by atoms with Crippen molar-refractivity contribution >= 4 is 11.8 Å². The van der Waals surface area contributed by atoms with Gasteiger partial charge < -0.3 is 4.90 Å². The van der Waals surface area contributed by atoms with Gasteiger partial charge in [0.2, 0.25) is 6.08 Å². The van der Waals surface area contributed by atoms with Gasteiger partial charge in [-0.15, -0.1) is 0 Å². The van der Waals surface area contributed by atoms with Gasteiger partial charge in [-0.2, -0.15) is 4.99 Å². The molecule has 3 nitrogen and oxygen atoms in total. The van der Waals surface area contributed by atoms with Crippen LogP contribution in [-0.4, -0.2) is 20.2 Å². The Labute approximate surface area is 92.4 Å². The van der Waals surface area contributed by atoms with Gasteiger partial charge in [-0.25, -0.2) is 13.6 Å². The lowest BCUT2D eigenvalue weighted by Crippen LogP contribution is -2.15. The van der Waals surface area contributed by atoms with Crippen LogP contribution in [0.2, 0.25) is 0 Å². The fourth-order valence-electron chi connectivity index (χ4n) is 1.50. The van der Waals surface area contributed by atoms with Gasteiger partial charge in [-0.1, -0.05) is 6.07 Å². The second kappa shape index (κ2) is 4.86. The molecule has 0 aromatic heterocycles. The smallest absolute Gasteiger partial charge is 0.235 e. The molecule has 0 heterocycles. The highest BCUT2D eigenvalue weighted by molar-refractivity contribution is 5.56. The molecule has 1 rings (SSSR count). The van der Waals surface area contributed by atoms with Crippen LogP contribution in [0, 0.1) is 11.6 Å². The third-order valence-electron chi connectivity index (χ3n) is 2.24. The maximum atomic E-state index is 13.6. The Hall–Kier alpha value is -1.74. The average molecular weight is 226 g/mol. The van der Waals surface area contributed by atoms with E-state index in [1.807, 2.05) is 0 Å². The quantitative estimate of drug-likeness (QED) is 0.585. The Balaban J connectivity index is 3.39. The van der Waals surface area contributed by atoms with E-state index < -0.39 is 17.7 Å². The molecule has 0 saturated carbocycles. The summed E-state index contributed by atoms with van der Waals surface area (Å²) in [6, 6.07) is 1.89. The summed E-state index contributed by atoms with van der Waals surface area (Å²) in [6.07, 6.45) is 1.41. The van der Waals surface area contributed by atoms with Crippen molar-refractivity contribution in [3.63, 3.8) is 0 Å². The molecule has 0 aliphatic heterocycles. The van der Waals surface area contributed by atoms with E-state index in [0.29, 0.717) is 5.56 Å². The molecule has 0 spiro atoms. The van der Waals surface area contributed by atoms with E-state index in [1.165, 1.54) is 17.0 Å². The summed E-state index contributed by atoms with van der Waals surface area (Å²) in [5.41, 5.74) is 0.554. The molecule has 0 amide bonds. The van der Waals surface area contributed by atoms with Crippen molar-refractivity contribution in [3.8, 4) is 0 Å². The number of hydrogen-bond donors (Lipinski definition) is 0. The second-order valence-corrected chi connectivity index (χ2v) is 3.59. The van der Waals surface area contributed by atoms with Crippen LogP contribution in [0.4, 0.5) is 14.5 Å². The average Bonchev–Trinajstić information content (AvgIpc) is 2.21. The first-order valence-corrected chi connectivity index (χ1v) is 4.71. The van der Waals surface area contributed by atoms with Crippen LogP contribution in [0.15, 0.2) is 17.1 Å². The summed E-state index contributed by atoms with van der Waals surface area (Å²) in [5, 5.41) is 0. The van der Waals surface area contributed by atoms with E-state index in [1.54, 1.807) is 21.0 Å². The number of nitrogens with zero attached hydrogens (tertiary/aromatic N) is 2. The summed E-state index contributed by atoms with van der Waals surface area (Å²) in [4.78, 5) is 15.1. The predicted molar refractivity (Wildman–Crippen MR) is 57.2 cm³/mol. The van der Waals surface area contributed by atoms with Crippen molar-refractivity contribution in [2.45, 2.75) is 13.0 Å². The number of aliphatic imine (C=N–C) groups is 1. The fourth-order valence-corrected chi connectivity index (χ4v) is 1.50. The number of benzene rings is 1. The SMILES string of the molecule is CC(N=C=O)c1ccc(F)c(F)c1N(C)C. The Morgan fingerprint density at radius 3 is 2.50 bits per heavy atom. The Morgan fingerprint density at radius 1 is 1.38 bits per heavy atom. The van der Waals surface area contributed by atoms with E-state index in [0.717, 1.165) is 6.07 Å². The molecule has 0 bridgehead atoms. The third kappa shape index (κ3) is 2.25. The Kier molecular flexibility index (Phi) is 3.74. The van der Waals surface area contributed by atoms with Crippen LogP contribution < -0.4 is 4.90 Å². The van der Waals surface area contributed by atoms with E-state index >= 15 is 0 Å². The molecule has 0 fully saturated rings. The molecule has 1 aromatic carbocycles. The van der Waals surface area contributed by atoms with E-state index in [-0.39, 0.29) is 5.69 Å². The van der Waals surface area contributed by atoms with E-state index in [2.05, 4.69) is 4.99 Å². The molecule has 0 aliphatic rings. The monoisotopic (exact) mass is 226 g/mol. The van der Waals surface area contributed by atoms with Gasteiger partial charge in [0.25, 0.3) is 0 Å². The van der Waals surface area contributed by atoms with E-state index in [4.69, 9.17) is 0 Å². The first-order valence-electron chi connectivity index (χ1n) is 4.71. The molecule has 1 unspecified atom stereocenters. The number of isocyanates is 1. The van der Waals surface area contributed by atoms with Crippen LogP contribution in [0.5, 0.6) is 0 Å². The summed E-state index contributed by atoms with van der Waals surface area (Å²) in [6.45, 7) is 1.62. The molecule has 0 N–H and O–H groups in total. The maximum Gasteiger partial charge on any atom is 0.235 e. The highest BCUT2D eigenvalue weighted by Crippen LogP contribution is 2.31. The lowest BCUT2D eigenvalue weighted by Gasteiger charge is -2.20. The van der Waals surface area contributed by atoms with Crippen molar-refractivity contribution in [2.75, 3.05) is 19.0 Å². The number of rotatable bonds is 3. The van der Waals surface area contributed by atoms with Gasteiger partial charge in [0, 0.05) is 19.7 Å². The highest BCUT2D eigenvalue weighted by atomic mass is 19.2. The molecule has 1 atom stereocenters. The number of carbonyl (C=O) groups excluding carboxylic acids is 1. The van der Waals surface area contributed by atoms with Crippen molar-refractivity contribution in [2.24, 2.45) is 4.99 Å². The topological polar surface area (TPSA) is 32.7 Å². The third-order valence-corrected chi connectivity index (χ3v) is 2.24. The molecule has 1 aromatic rings. The van der Waals surface area contributed by atoms with E-state index in [9.17, 15) is 13.6 Å². The van der Waals surface area contributed by atoms with Crippen LogP contribution in [0.1, 0.15) is 18.5 Å². The molecule has 86 valence electrons. The van der Waals surface area contributed by atoms with Crippen molar-refractivity contribution in [3.05, 3.63) is 29.3 Å². The summed E-state index contributed by atoms with van der Waals surface area (Å²) < 4.78 is 26.6. The minimum Gasteiger partial charge on any atom is -0.375 e. The number of hydrogen-bond acceptors (Lipinski definition) is 3. The van der Waals surface area contributed by atoms with Gasteiger partial charge in [0.15, 0.2) is 11.6 Å². The molecule has 16 heavy (non-hydrogen) atoms. The van der Waals surface area contributed by atoms with Crippen molar-refractivity contribution < 1.29 is 13.6 Å². The summed E-state index contributed by atoms with van der Waals surface area (Å²) >= 11 is 0. The maximum absolute atomic E-state index is 13.6. The first-order chi connectivity index (χ1) is 7.49. The predicted octanol–water partition coefficient (Wildman–Crippen LogP) is 2.43. The Morgan fingerprint density at radius 2 is 2.00 bits per heavy atom. The summed E-state index contributed by atoms with van der Waals surface area (Å²) in [7, 11) is 3.19. The van der Waals surface area contributed by atoms with Gasteiger partial charge in [-0.3, -0.25) is 0 Å². The zero-order valence-electron chi connectivity index (χ0n) is 9.29. The van der Waals surface area contributed by atoms with Crippen molar-refractivity contribution in [1.29, 1.82) is 0 Å². The minimum atomic E-state index is -0.935. The second-order valence-electron chi connectivity index (χ2n) is 3.59. The van der Waals surface area contributed by atoms with Gasteiger partial charge >= 0.3 is 0 Å².